The molecule has 0 radical (unpaired) electrons. The minimum atomic E-state index is -0.977. The highest BCUT2D eigenvalue weighted by atomic mass is 16.6. The number of ketones is 2. The summed E-state index contributed by atoms with van der Waals surface area (Å²) in [5.41, 5.74) is -2.04. The number of para-hydroxylation sites is 1. The maximum absolute atomic E-state index is 11.9. The van der Waals surface area contributed by atoms with Crippen molar-refractivity contribution < 1.29 is 19.4 Å². The van der Waals surface area contributed by atoms with Crippen molar-refractivity contribution in [3.05, 3.63) is 44.0 Å². The number of benzene rings is 1. The summed E-state index contributed by atoms with van der Waals surface area (Å²) in [5.74, 6) is -1.13. The van der Waals surface area contributed by atoms with Gasteiger partial charge in [0.25, 0.3) is 0 Å². The molecule has 0 bridgehead atoms. The Morgan fingerprint density at radius 3 is 2.30 bits per heavy atom. The average molecular weight is 280 g/mol. The van der Waals surface area contributed by atoms with E-state index in [0.717, 1.165) is 12.1 Å². The van der Waals surface area contributed by atoms with E-state index in [1.54, 1.807) is 6.92 Å². The fraction of sp³-hybridized carbons (Fsp3) is 0.333. The number of rotatable bonds is 7. The van der Waals surface area contributed by atoms with Crippen LogP contribution in [0.25, 0.3) is 0 Å². The molecule has 0 amide bonds. The number of carbonyl (C=O) groups excluding carboxylic acids is 2. The zero-order chi connectivity index (χ0) is 15.3. The molecule has 0 aromatic heterocycles. The maximum atomic E-state index is 11.9. The van der Waals surface area contributed by atoms with Gasteiger partial charge in [0, 0.05) is 12.5 Å². The summed E-state index contributed by atoms with van der Waals surface area (Å²) >= 11 is 0. The average Bonchev–Trinajstić information content (AvgIpc) is 2.37. The van der Waals surface area contributed by atoms with E-state index in [0.29, 0.717) is 6.42 Å². The van der Waals surface area contributed by atoms with Crippen LogP contribution >= 0.6 is 0 Å². The summed E-state index contributed by atoms with van der Waals surface area (Å²) in [5, 5.41) is 21.7. The summed E-state index contributed by atoms with van der Waals surface area (Å²) in [6, 6.07) is 3.25. The lowest BCUT2D eigenvalue weighted by Gasteiger charge is -2.02. The Labute approximate surface area is 113 Å². The fourth-order valence-corrected chi connectivity index (χ4v) is 1.74. The third kappa shape index (κ3) is 3.44. The van der Waals surface area contributed by atoms with Crippen LogP contribution in [0, 0.1) is 20.2 Å². The lowest BCUT2D eigenvalue weighted by atomic mass is 10.0. The van der Waals surface area contributed by atoms with Gasteiger partial charge in [-0.2, -0.15) is 0 Å². The Morgan fingerprint density at radius 1 is 1.15 bits per heavy atom. The molecule has 0 aliphatic carbocycles. The Kier molecular flexibility index (Phi) is 5.01. The van der Waals surface area contributed by atoms with E-state index in [1.807, 2.05) is 0 Å². The van der Waals surface area contributed by atoms with Crippen molar-refractivity contribution in [2.75, 3.05) is 0 Å². The lowest BCUT2D eigenvalue weighted by Crippen LogP contribution is -2.11. The van der Waals surface area contributed by atoms with E-state index >= 15 is 0 Å². The van der Waals surface area contributed by atoms with Crippen LogP contribution in [0.2, 0.25) is 0 Å². The standard InChI is InChI=1S/C12H12N2O6/c1-2-4-8(15)7-11(16)9-5-3-6-10(13(17)18)12(9)14(19)20/h3,5-6H,2,4,7H2,1H3. The van der Waals surface area contributed by atoms with Gasteiger partial charge in [-0.1, -0.05) is 13.0 Å². The van der Waals surface area contributed by atoms with Gasteiger partial charge in [-0.25, -0.2) is 0 Å². The van der Waals surface area contributed by atoms with Crippen LogP contribution in [0.3, 0.4) is 0 Å². The van der Waals surface area contributed by atoms with Crippen LogP contribution in [-0.4, -0.2) is 21.4 Å². The second kappa shape index (κ2) is 6.50. The molecule has 0 heterocycles. The van der Waals surface area contributed by atoms with Crippen molar-refractivity contribution in [2.45, 2.75) is 26.2 Å². The molecule has 0 spiro atoms. The van der Waals surface area contributed by atoms with Crippen molar-refractivity contribution in [1.29, 1.82) is 0 Å². The quantitative estimate of drug-likeness (QED) is 0.327. The summed E-state index contributed by atoms with van der Waals surface area (Å²) in [6.45, 7) is 1.76. The van der Waals surface area contributed by atoms with Gasteiger partial charge in [-0.15, -0.1) is 0 Å². The number of nitro benzene ring substituents is 2. The highest BCUT2D eigenvalue weighted by molar-refractivity contribution is 6.10. The molecular formula is C12H12N2O6. The van der Waals surface area contributed by atoms with E-state index in [2.05, 4.69) is 0 Å². The molecule has 0 saturated heterocycles. The summed E-state index contributed by atoms with van der Waals surface area (Å²) < 4.78 is 0. The van der Waals surface area contributed by atoms with Crippen molar-refractivity contribution in [3.8, 4) is 0 Å². The van der Waals surface area contributed by atoms with Gasteiger partial charge >= 0.3 is 11.4 Å². The zero-order valence-electron chi connectivity index (χ0n) is 10.7. The third-order valence-electron chi connectivity index (χ3n) is 2.58. The fourth-order valence-electron chi connectivity index (χ4n) is 1.74. The second-order valence-corrected chi connectivity index (χ2v) is 4.08. The van der Waals surface area contributed by atoms with Gasteiger partial charge in [0.05, 0.1) is 16.3 Å². The Hall–Kier alpha value is -2.64. The minimum absolute atomic E-state index is 0.189. The first-order valence-corrected chi connectivity index (χ1v) is 5.85. The van der Waals surface area contributed by atoms with Gasteiger partial charge in [0.1, 0.15) is 11.3 Å². The number of carbonyl (C=O) groups is 2. The summed E-state index contributed by atoms with van der Waals surface area (Å²) in [6.07, 6.45) is 0.257. The zero-order valence-corrected chi connectivity index (χ0v) is 10.7. The normalized spacial score (nSPS) is 10.1. The molecule has 1 aromatic rings. The van der Waals surface area contributed by atoms with E-state index in [-0.39, 0.29) is 12.2 Å². The molecule has 0 aliphatic rings. The molecule has 0 unspecified atom stereocenters. The molecule has 1 rings (SSSR count). The molecule has 1 aromatic carbocycles. The number of hydrogen-bond acceptors (Lipinski definition) is 6. The maximum Gasteiger partial charge on any atom is 0.356 e. The molecule has 106 valence electrons. The predicted octanol–water partition coefficient (Wildman–Crippen LogP) is 2.45. The first-order chi connectivity index (χ1) is 9.38. The minimum Gasteiger partial charge on any atom is -0.299 e. The van der Waals surface area contributed by atoms with Crippen LogP contribution in [0.4, 0.5) is 11.4 Å². The molecule has 0 saturated carbocycles. The van der Waals surface area contributed by atoms with Gasteiger partial charge in [0.2, 0.25) is 0 Å². The highest BCUT2D eigenvalue weighted by Crippen LogP contribution is 2.31. The molecule has 0 fully saturated rings. The largest absolute Gasteiger partial charge is 0.356 e. The molecular weight excluding hydrogens is 268 g/mol. The smallest absolute Gasteiger partial charge is 0.299 e. The van der Waals surface area contributed by atoms with Crippen molar-refractivity contribution in [1.82, 2.24) is 0 Å². The first kappa shape index (κ1) is 15.4. The van der Waals surface area contributed by atoms with E-state index in [1.165, 1.54) is 6.07 Å². The van der Waals surface area contributed by atoms with Gasteiger partial charge in [-0.3, -0.25) is 29.8 Å². The topological polar surface area (TPSA) is 120 Å². The van der Waals surface area contributed by atoms with Crippen molar-refractivity contribution in [3.63, 3.8) is 0 Å². The SMILES string of the molecule is CCCC(=O)CC(=O)c1cccc([N+](=O)[O-])c1[N+](=O)[O-]. The van der Waals surface area contributed by atoms with Crippen LogP contribution < -0.4 is 0 Å². The lowest BCUT2D eigenvalue weighted by molar-refractivity contribution is -0.422. The summed E-state index contributed by atoms with van der Waals surface area (Å²) in [4.78, 5) is 43.1. The van der Waals surface area contributed by atoms with Crippen molar-refractivity contribution >= 4 is 22.9 Å². The predicted molar refractivity (Wildman–Crippen MR) is 68.6 cm³/mol. The molecule has 0 aliphatic heterocycles. The monoisotopic (exact) mass is 280 g/mol. The molecule has 8 nitrogen and oxygen atoms in total. The van der Waals surface area contributed by atoms with Crippen LogP contribution in [0.5, 0.6) is 0 Å². The number of nitro groups is 2. The number of Topliss-reactive ketones (excluding diaryl/α,β-unsaturated/α-hetero) is 2. The Balaban J connectivity index is 3.21. The number of nitrogens with zero attached hydrogens (tertiary/aromatic N) is 2. The van der Waals surface area contributed by atoms with Gasteiger partial charge < -0.3 is 0 Å². The second-order valence-electron chi connectivity index (χ2n) is 4.08. The Bertz CT molecular complexity index is 581. The number of hydrogen-bond donors (Lipinski definition) is 0. The summed E-state index contributed by atoms with van der Waals surface area (Å²) in [7, 11) is 0. The van der Waals surface area contributed by atoms with E-state index in [4.69, 9.17) is 0 Å². The highest BCUT2D eigenvalue weighted by Gasteiger charge is 2.31. The Morgan fingerprint density at radius 2 is 1.80 bits per heavy atom. The van der Waals surface area contributed by atoms with Crippen LogP contribution in [0.1, 0.15) is 36.5 Å². The molecule has 8 heteroatoms. The molecule has 20 heavy (non-hydrogen) atoms. The van der Waals surface area contributed by atoms with Crippen molar-refractivity contribution in [2.24, 2.45) is 0 Å². The molecule has 0 N–H and O–H groups in total. The van der Waals surface area contributed by atoms with E-state index < -0.39 is 39.0 Å². The van der Waals surface area contributed by atoms with Gasteiger partial charge in [0.15, 0.2) is 5.78 Å². The third-order valence-corrected chi connectivity index (χ3v) is 2.58. The van der Waals surface area contributed by atoms with Gasteiger partial charge in [-0.05, 0) is 12.5 Å². The molecule has 0 atom stereocenters. The first-order valence-electron chi connectivity index (χ1n) is 5.85. The van der Waals surface area contributed by atoms with Crippen LogP contribution in [-0.2, 0) is 4.79 Å². The van der Waals surface area contributed by atoms with Crippen LogP contribution in [0.15, 0.2) is 18.2 Å². The van der Waals surface area contributed by atoms with E-state index in [9.17, 15) is 29.8 Å².